The van der Waals surface area contributed by atoms with E-state index in [9.17, 15) is 0 Å². The number of nitrogens with zero attached hydrogens (tertiary/aromatic N) is 2. The first-order valence-electron chi connectivity index (χ1n) is 4.86. The normalized spacial score (nSPS) is 10.2. The van der Waals surface area contributed by atoms with Gasteiger partial charge in [-0.1, -0.05) is 16.8 Å². The number of ether oxygens (including phenoxy) is 2. The molecule has 0 fully saturated rings. The molecular formula is C11H11ClN2O3. The van der Waals surface area contributed by atoms with E-state index in [-0.39, 0.29) is 6.61 Å². The van der Waals surface area contributed by atoms with Gasteiger partial charge in [0.25, 0.3) is 0 Å². The highest BCUT2D eigenvalue weighted by atomic mass is 35.5. The summed E-state index contributed by atoms with van der Waals surface area (Å²) in [5.41, 5.74) is 0.574. The second kappa shape index (κ2) is 6.61. The average molecular weight is 255 g/mol. The Morgan fingerprint density at radius 1 is 1.53 bits per heavy atom. The van der Waals surface area contributed by atoms with E-state index in [1.807, 2.05) is 13.0 Å². The number of oxime groups is 1. The van der Waals surface area contributed by atoms with E-state index in [0.29, 0.717) is 28.7 Å². The van der Waals surface area contributed by atoms with Gasteiger partial charge in [0.1, 0.15) is 6.07 Å². The maximum atomic E-state index is 8.46. The summed E-state index contributed by atoms with van der Waals surface area (Å²) in [4.78, 5) is 0. The maximum Gasteiger partial charge on any atom is 0.181 e. The van der Waals surface area contributed by atoms with Gasteiger partial charge in [0.15, 0.2) is 18.1 Å². The van der Waals surface area contributed by atoms with Gasteiger partial charge in [-0.15, -0.1) is 0 Å². The molecule has 1 aromatic rings. The van der Waals surface area contributed by atoms with Gasteiger partial charge in [-0.3, -0.25) is 0 Å². The van der Waals surface area contributed by atoms with Crippen LogP contribution in [0.2, 0.25) is 5.02 Å². The molecule has 0 heterocycles. The Labute approximate surface area is 104 Å². The Hall–Kier alpha value is -1.93. The lowest BCUT2D eigenvalue weighted by atomic mass is 10.2. The van der Waals surface area contributed by atoms with Crippen LogP contribution >= 0.6 is 11.6 Å². The quantitative estimate of drug-likeness (QED) is 0.497. The van der Waals surface area contributed by atoms with E-state index in [1.165, 1.54) is 6.21 Å². The van der Waals surface area contributed by atoms with E-state index in [4.69, 9.17) is 31.5 Å². The zero-order valence-corrected chi connectivity index (χ0v) is 9.94. The number of nitriles is 1. The van der Waals surface area contributed by atoms with Crippen molar-refractivity contribution in [2.24, 2.45) is 5.16 Å². The first-order valence-corrected chi connectivity index (χ1v) is 5.24. The van der Waals surface area contributed by atoms with Crippen molar-refractivity contribution in [3.63, 3.8) is 0 Å². The monoisotopic (exact) mass is 254 g/mol. The fraction of sp³-hybridized carbons (Fsp3) is 0.273. The number of halogens is 1. The van der Waals surface area contributed by atoms with Crippen LogP contribution in [0.1, 0.15) is 12.5 Å². The van der Waals surface area contributed by atoms with Gasteiger partial charge in [0, 0.05) is 5.56 Å². The maximum absolute atomic E-state index is 8.46. The zero-order valence-electron chi connectivity index (χ0n) is 9.18. The summed E-state index contributed by atoms with van der Waals surface area (Å²) in [6.07, 6.45) is 1.22. The molecule has 0 aromatic heterocycles. The van der Waals surface area contributed by atoms with E-state index >= 15 is 0 Å². The first kappa shape index (κ1) is 13.1. The van der Waals surface area contributed by atoms with Crippen molar-refractivity contribution in [1.82, 2.24) is 0 Å². The third kappa shape index (κ3) is 3.54. The van der Waals surface area contributed by atoms with Crippen molar-refractivity contribution >= 4 is 17.8 Å². The highest BCUT2D eigenvalue weighted by molar-refractivity contribution is 6.32. The van der Waals surface area contributed by atoms with Crippen molar-refractivity contribution in [3.05, 3.63) is 22.7 Å². The summed E-state index contributed by atoms with van der Waals surface area (Å²) in [5.74, 6) is 0.718. The highest BCUT2D eigenvalue weighted by Gasteiger charge is 2.11. The van der Waals surface area contributed by atoms with Gasteiger partial charge >= 0.3 is 0 Å². The highest BCUT2D eigenvalue weighted by Crippen LogP contribution is 2.36. The molecule has 0 aliphatic carbocycles. The van der Waals surface area contributed by atoms with Gasteiger partial charge in [-0.05, 0) is 19.1 Å². The molecule has 6 heteroatoms. The summed E-state index contributed by atoms with van der Waals surface area (Å²) in [6, 6.07) is 5.01. The lowest BCUT2D eigenvalue weighted by Crippen LogP contribution is -2.01. The standard InChI is InChI=1S/C11H11ClN2O3/c1-2-16-10-6-8(7-14-15)5-9(12)11(10)17-4-3-13/h5-7,15H,2,4H2,1H3/b14-7+. The Morgan fingerprint density at radius 2 is 2.29 bits per heavy atom. The molecule has 0 amide bonds. The van der Waals surface area contributed by atoms with E-state index in [2.05, 4.69) is 5.16 Å². The molecule has 0 aliphatic heterocycles. The molecule has 0 spiro atoms. The summed E-state index contributed by atoms with van der Waals surface area (Å²) in [7, 11) is 0. The Kier molecular flexibility index (Phi) is 5.11. The van der Waals surface area contributed by atoms with E-state index in [1.54, 1.807) is 12.1 Å². The molecule has 90 valence electrons. The lowest BCUT2D eigenvalue weighted by Gasteiger charge is -2.12. The van der Waals surface area contributed by atoms with Crippen LogP contribution in [-0.4, -0.2) is 24.6 Å². The fourth-order valence-corrected chi connectivity index (χ4v) is 1.51. The molecule has 1 aromatic carbocycles. The second-order valence-electron chi connectivity index (χ2n) is 2.95. The molecule has 0 atom stereocenters. The third-order valence-electron chi connectivity index (χ3n) is 1.82. The van der Waals surface area contributed by atoms with Gasteiger partial charge in [0.05, 0.1) is 17.8 Å². The van der Waals surface area contributed by atoms with Gasteiger partial charge in [0.2, 0.25) is 0 Å². The van der Waals surface area contributed by atoms with E-state index in [0.717, 1.165) is 0 Å². The molecule has 0 aliphatic rings. The van der Waals surface area contributed by atoms with Crippen LogP contribution in [0.15, 0.2) is 17.3 Å². The Bertz CT molecular complexity index is 455. The molecule has 0 bridgehead atoms. The Morgan fingerprint density at radius 3 is 2.88 bits per heavy atom. The van der Waals surface area contributed by atoms with Crippen molar-refractivity contribution < 1.29 is 14.7 Å². The summed E-state index contributed by atoms with van der Waals surface area (Å²) < 4.78 is 10.5. The molecule has 1 rings (SSSR count). The fourth-order valence-electron chi connectivity index (χ4n) is 1.24. The molecule has 17 heavy (non-hydrogen) atoms. The topological polar surface area (TPSA) is 74.8 Å². The first-order chi connectivity index (χ1) is 8.22. The minimum Gasteiger partial charge on any atom is -0.490 e. The van der Waals surface area contributed by atoms with Crippen molar-refractivity contribution in [1.29, 1.82) is 5.26 Å². The van der Waals surface area contributed by atoms with Crippen LogP contribution in [0.25, 0.3) is 0 Å². The van der Waals surface area contributed by atoms with Gasteiger partial charge in [-0.2, -0.15) is 5.26 Å². The molecule has 0 saturated carbocycles. The van der Waals surface area contributed by atoms with Crippen molar-refractivity contribution in [2.75, 3.05) is 13.2 Å². The summed E-state index contributed by atoms with van der Waals surface area (Å²) in [6.45, 7) is 2.13. The summed E-state index contributed by atoms with van der Waals surface area (Å²) in [5, 5.41) is 20.1. The predicted molar refractivity (Wildman–Crippen MR) is 63.1 cm³/mol. The smallest absolute Gasteiger partial charge is 0.181 e. The minimum atomic E-state index is -0.118. The summed E-state index contributed by atoms with van der Waals surface area (Å²) >= 11 is 5.98. The van der Waals surface area contributed by atoms with Crippen LogP contribution in [0.3, 0.4) is 0 Å². The number of hydrogen-bond acceptors (Lipinski definition) is 5. The number of hydrogen-bond donors (Lipinski definition) is 1. The molecule has 0 unspecified atom stereocenters. The van der Waals surface area contributed by atoms with Crippen molar-refractivity contribution in [3.8, 4) is 17.6 Å². The number of rotatable bonds is 5. The van der Waals surface area contributed by atoms with Crippen LogP contribution in [-0.2, 0) is 0 Å². The van der Waals surface area contributed by atoms with Crippen LogP contribution in [0.4, 0.5) is 0 Å². The molecule has 1 N–H and O–H groups in total. The molecule has 0 radical (unpaired) electrons. The van der Waals surface area contributed by atoms with Crippen LogP contribution in [0, 0.1) is 11.3 Å². The van der Waals surface area contributed by atoms with E-state index < -0.39 is 0 Å². The third-order valence-corrected chi connectivity index (χ3v) is 2.10. The Balaban J connectivity index is 3.13. The zero-order chi connectivity index (χ0) is 12.7. The minimum absolute atomic E-state index is 0.118. The molecular weight excluding hydrogens is 244 g/mol. The molecule has 0 saturated heterocycles. The van der Waals surface area contributed by atoms with Gasteiger partial charge < -0.3 is 14.7 Å². The van der Waals surface area contributed by atoms with Crippen LogP contribution < -0.4 is 9.47 Å². The SMILES string of the molecule is CCOc1cc(/C=N/O)cc(Cl)c1OCC#N. The van der Waals surface area contributed by atoms with Crippen LogP contribution in [0.5, 0.6) is 11.5 Å². The largest absolute Gasteiger partial charge is 0.490 e. The lowest BCUT2D eigenvalue weighted by molar-refractivity contribution is 0.298. The predicted octanol–water partition coefficient (Wildman–Crippen LogP) is 2.45. The number of benzene rings is 1. The second-order valence-corrected chi connectivity index (χ2v) is 3.36. The molecule has 5 nitrogen and oxygen atoms in total. The van der Waals surface area contributed by atoms with Gasteiger partial charge in [-0.25, -0.2) is 0 Å². The van der Waals surface area contributed by atoms with Crippen molar-refractivity contribution in [2.45, 2.75) is 6.92 Å². The average Bonchev–Trinajstić information content (AvgIpc) is 2.29.